The quantitative estimate of drug-likeness (QED) is 0.572. The molecule has 0 aromatic rings. The Bertz CT molecular complexity index is 15.0. The molecule has 6 heavy (non-hydrogen) atoms. The van der Waals surface area contributed by atoms with E-state index in [9.17, 15) is 0 Å². The van der Waals surface area contributed by atoms with Crippen LogP contribution in [0.5, 0.6) is 0 Å². The summed E-state index contributed by atoms with van der Waals surface area (Å²) in [5.41, 5.74) is 0. The summed E-state index contributed by atoms with van der Waals surface area (Å²) < 4.78 is 0. The van der Waals surface area contributed by atoms with Crippen molar-refractivity contribution in [1.29, 1.82) is 0 Å². The molecular formula is C4H9LiTe-2. The minimum Gasteiger partial charge on any atom is -2.00 e. The minimum absolute atomic E-state index is 0. The molecule has 0 unspecified atom stereocenters. The molecule has 0 aliphatic rings. The SMILES string of the molecule is [Li][CH2]CCC.[Te-2]. The first-order chi connectivity index (χ1) is 2.41. The molecule has 34 valence electrons. The van der Waals surface area contributed by atoms with Gasteiger partial charge in [0.05, 0.1) is 0 Å². The van der Waals surface area contributed by atoms with Crippen molar-refractivity contribution < 1.29 is 0 Å². The third-order valence-electron chi connectivity index (χ3n) is 0.707. The molecule has 0 aliphatic carbocycles. The zero-order valence-electron chi connectivity index (χ0n) is 4.53. The molecule has 0 rings (SSSR count). The summed E-state index contributed by atoms with van der Waals surface area (Å²) >= 11 is 2.21. The Hall–Kier alpha value is 1.39. The molecule has 0 atom stereocenters. The molecule has 0 heterocycles. The Kier molecular flexibility index (Phi) is 16.7. The van der Waals surface area contributed by atoms with Gasteiger partial charge in [0.2, 0.25) is 0 Å². The van der Waals surface area contributed by atoms with E-state index in [1.165, 1.54) is 17.9 Å². The van der Waals surface area contributed by atoms with E-state index >= 15 is 0 Å². The predicted octanol–water partition coefficient (Wildman–Crippen LogP) is 0.992. The van der Waals surface area contributed by atoms with Crippen LogP contribution in [0.1, 0.15) is 19.8 Å². The van der Waals surface area contributed by atoms with Gasteiger partial charge < -0.3 is 23.7 Å². The molecule has 0 N–H and O–H groups in total. The van der Waals surface area contributed by atoms with Crippen molar-refractivity contribution >= 4 is 41.4 Å². The maximum atomic E-state index is 2.21. The number of unbranched alkanes of at least 4 members (excludes halogenated alkanes) is 1. The Balaban J connectivity index is 0. The summed E-state index contributed by atoms with van der Waals surface area (Å²) in [7, 11) is 0. The van der Waals surface area contributed by atoms with Crippen LogP contribution in [-0.2, 0) is 0 Å². The van der Waals surface area contributed by atoms with Crippen LogP contribution in [-0.4, -0.2) is 41.4 Å². The van der Waals surface area contributed by atoms with Crippen LogP contribution < -0.4 is 0 Å². The van der Waals surface area contributed by atoms with Gasteiger partial charge in [-0.15, -0.1) is 0 Å². The zero-order valence-corrected chi connectivity index (χ0v) is 6.86. The summed E-state index contributed by atoms with van der Waals surface area (Å²) in [4.78, 5) is 0. The van der Waals surface area contributed by atoms with E-state index < -0.39 is 0 Å². The maximum absolute atomic E-state index is 2.21. The molecule has 0 aliphatic heterocycles. The van der Waals surface area contributed by atoms with Crippen molar-refractivity contribution in [3.05, 3.63) is 0 Å². The van der Waals surface area contributed by atoms with Gasteiger partial charge in [0, 0.05) is 0 Å². The third-order valence-corrected chi connectivity index (χ3v) is 0.707. The van der Waals surface area contributed by atoms with Crippen LogP contribution >= 0.6 is 0 Å². The minimum atomic E-state index is 0. The van der Waals surface area contributed by atoms with Crippen molar-refractivity contribution in [1.82, 2.24) is 0 Å². The van der Waals surface area contributed by atoms with Crippen molar-refractivity contribution in [2.75, 3.05) is 0 Å². The van der Waals surface area contributed by atoms with Gasteiger partial charge in [-0.05, 0) is 0 Å². The molecule has 0 saturated carbocycles. The molecular weight excluding hydrogens is 183 g/mol. The second-order valence-corrected chi connectivity index (χ2v) is 1.35. The van der Waals surface area contributed by atoms with Crippen LogP contribution in [0.15, 0.2) is 0 Å². The summed E-state index contributed by atoms with van der Waals surface area (Å²) in [6, 6.07) is 0. The molecule has 0 aromatic carbocycles. The van der Waals surface area contributed by atoms with Gasteiger partial charge in [-0.2, -0.15) is 0 Å². The molecule has 0 radical (unpaired) electrons. The summed E-state index contributed by atoms with van der Waals surface area (Å²) in [5, 5.41) is 1.34. The van der Waals surface area contributed by atoms with Gasteiger partial charge in [-0.1, -0.05) is 0 Å². The first kappa shape index (κ1) is 10.4. The van der Waals surface area contributed by atoms with Crippen LogP contribution in [0.4, 0.5) is 0 Å². The topological polar surface area (TPSA) is 0 Å². The van der Waals surface area contributed by atoms with Crippen LogP contribution in [0.2, 0.25) is 5.09 Å². The second kappa shape index (κ2) is 9.63. The van der Waals surface area contributed by atoms with Gasteiger partial charge in [0.25, 0.3) is 0 Å². The van der Waals surface area contributed by atoms with Crippen molar-refractivity contribution in [3.63, 3.8) is 0 Å². The fourth-order valence-corrected chi connectivity index (χ4v) is 0.354. The molecule has 0 saturated heterocycles. The zero-order chi connectivity index (χ0) is 4.12. The molecule has 0 bridgehead atoms. The molecule has 0 amide bonds. The van der Waals surface area contributed by atoms with Gasteiger partial charge in [0.15, 0.2) is 0 Å². The first-order valence-corrected chi connectivity index (χ1v) is 2.41. The molecule has 2 heteroatoms. The maximum Gasteiger partial charge on any atom is -2.00 e. The monoisotopic (exact) mass is 194 g/mol. The Labute approximate surface area is 66.0 Å². The van der Waals surface area contributed by atoms with E-state index in [0.29, 0.717) is 0 Å². The second-order valence-electron chi connectivity index (χ2n) is 1.35. The van der Waals surface area contributed by atoms with Gasteiger partial charge in [-0.25, -0.2) is 0 Å². The summed E-state index contributed by atoms with van der Waals surface area (Å²) in [6.07, 6.45) is 2.73. The third kappa shape index (κ3) is 9.04. The van der Waals surface area contributed by atoms with Crippen LogP contribution in [0, 0.1) is 0 Å². The summed E-state index contributed by atoms with van der Waals surface area (Å²) in [6.45, 7) is 2.21. The van der Waals surface area contributed by atoms with E-state index in [2.05, 4.69) is 24.6 Å². The molecule has 0 aromatic heterocycles. The van der Waals surface area contributed by atoms with Crippen molar-refractivity contribution in [2.45, 2.75) is 24.9 Å². The van der Waals surface area contributed by atoms with E-state index in [1.54, 1.807) is 0 Å². The summed E-state index contributed by atoms with van der Waals surface area (Å²) in [5.74, 6) is 0. The number of rotatable bonds is 2. The average molecular weight is 192 g/mol. The van der Waals surface area contributed by atoms with E-state index in [1.807, 2.05) is 0 Å². The average Bonchev–Trinajstić information content (AvgIpc) is 1.41. The molecule has 0 spiro atoms. The van der Waals surface area contributed by atoms with Gasteiger partial charge >= 0.3 is 42.6 Å². The largest absolute Gasteiger partial charge is 2.00 e. The first-order valence-electron chi connectivity index (χ1n) is 2.41. The van der Waals surface area contributed by atoms with E-state index in [0.717, 1.165) is 0 Å². The molecule has 0 nitrogen and oxygen atoms in total. The Morgan fingerprint density at radius 2 is 2.00 bits per heavy atom. The normalized spacial score (nSPS) is 7.17. The van der Waals surface area contributed by atoms with Crippen molar-refractivity contribution in [2.24, 2.45) is 0 Å². The van der Waals surface area contributed by atoms with Gasteiger partial charge in [-0.3, -0.25) is 0 Å². The Morgan fingerprint density at radius 1 is 1.50 bits per heavy atom. The van der Waals surface area contributed by atoms with Crippen LogP contribution in [0.3, 0.4) is 0 Å². The van der Waals surface area contributed by atoms with E-state index in [4.69, 9.17) is 0 Å². The van der Waals surface area contributed by atoms with E-state index in [-0.39, 0.29) is 23.7 Å². The fourth-order valence-electron chi connectivity index (χ4n) is 0.354. The standard InChI is InChI=1S/C4H9.Li.Te/c1-3-4-2;;/h1,3-4H2,2H3;;/q;;-2. The fraction of sp³-hybridized carbons (Fsp3) is 1.00. The predicted molar refractivity (Wildman–Crippen MR) is 31.2 cm³/mol. The smallest absolute Gasteiger partial charge is 2.00 e. The van der Waals surface area contributed by atoms with Gasteiger partial charge in [0.1, 0.15) is 0 Å². The molecule has 0 fully saturated rings. The van der Waals surface area contributed by atoms with Crippen molar-refractivity contribution in [3.8, 4) is 0 Å². The number of hydrogen-bond acceptors (Lipinski definition) is 0. The van der Waals surface area contributed by atoms with Crippen LogP contribution in [0.25, 0.3) is 0 Å². The number of hydrogen-bond donors (Lipinski definition) is 0. The Morgan fingerprint density at radius 3 is 2.00 bits per heavy atom.